The minimum Gasteiger partial charge on any atom is -0.337 e. The summed E-state index contributed by atoms with van der Waals surface area (Å²) < 4.78 is 6.11. The van der Waals surface area contributed by atoms with Crippen molar-refractivity contribution in [3.05, 3.63) is 70.5 Å². The number of benzene rings is 2. The first-order valence-corrected chi connectivity index (χ1v) is 8.79. The van der Waals surface area contributed by atoms with Crippen LogP contribution in [0.3, 0.4) is 0 Å². The van der Waals surface area contributed by atoms with Crippen molar-refractivity contribution in [1.82, 2.24) is 15.0 Å². The molecule has 3 rings (SSSR count). The standard InChI is InChI=1S/C19H18BrN3O2/c1-13(2)23(19(24)15-10-6-7-11-16(15)20)12-17-21-18(22-25-17)14-8-4-3-5-9-14/h3-11,13H,12H2,1-2H3. The quantitative estimate of drug-likeness (QED) is 0.631. The molecule has 0 aliphatic carbocycles. The van der Waals surface area contributed by atoms with Crippen LogP contribution in [0.15, 0.2) is 63.6 Å². The molecule has 1 heterocycles. The lowest BCUT2D eigenvalue weighted by Gasteiger charge is -2.25. The van der Waals surface area contributed by atoms with Crippen molar-refractivity contribution in [3.8, 4) is 11.4 Å². The van der Waals surface area contributed by atoms with Crippen LogP contribution >= 0.6 is 15.9 Å². The Hall–Kier alpha value is -2.47. The van der Waals surface area contributed by atoms with Crippen LogP contribution in [0.4, 0.5) is 0 Å². The third-order valence-electron chi connectivity index (χ3n) is 3.79. The van der Waals surface area contributed by atoms with Gasteiger partial charge < -0.3 is 9.42 Å². The molecule has 0 atom stereocenters. The van der Waals surface area contributed by atoms with E-state index in [2.05, 4.69) is 26.1 Å². The Morgan fingerprint density at radius 1 is 1.12 bits per heavy atom. The molecule has 0 radical (unpaired) electrons. The van der Waals surface area contributed by atoms with Crippen LogP contribution in [0.1, 0.15) is 30.1 Å². The third-order valence-corrected chi connectivity index (χ3v) is 4.49. The largest absolute Gasteiger partial charge is 0.337 e. The average Bonchev–Trinajstić information content (AvgIpc) is 3.09. The van der Waals surface area contributed by atoms with Gasteiger partial charge in [0, 0.05) is 16.1 Å². The van der Waals surface area contributed by atoms with Crippen molar-refractivity contribution < 1.29 is 9.32 Å². The van der Waals surface area contributed by atoms with Crippen molar-refractivity contribution in [1.29, 1.82) is 0 Å². The van der Waals surface area contributed by atoms with Crippen molar-refractivity contribution in [3.63, 3.8) is 0 Å². The first kappa shape index (κ1) is 17.4. The van der Waals surface area contributed by atoms with Gasteiger partial charge in [-0.1, -0.05) is 47.6 Å². The summed E-state index contributed by atoms with van der Waals surface area (Å²) >= 11 is 3.44. The Morgan fingerprint density at radius 2 is 1.80 bits per heavy atom. The van der Waals surface area contributed by atoms with Crippen molar-refractivity contribution >= 4 is 21.8 Å². The molecule has 0 saturated carbocycles. The summed E-state index contributed by atoms with van der Waals surface area (Å²) in [7, 11) is 0. The van der Waals surface area contributed by atoms with Gasteiger partial charge in [-0.3, -0.25) is 4.79 Å². The average molecular weight is 400 g/mol. The topological polar surface area (TPSA) is 59.2 Å². The van der Waals surface area contributed by atoms with E-state index in [1.807, 2.05) is 62.4 Å². The van der Waals surface area contributed by atoms with Crippen LogP contribution in [-0.2, 0) is 6.54 Å². The second-order valence-electron chi connectivity index (χ2n) is 5.88. The van der Waals surface area contributed by atoms with Gasteiger partial charge in [-0.25, -0.2) is 0 Å². The second kappa shape index (κ2) is 7.61. The lowest BCUT2D eigenvalue weighted by Crippen LogP contribution is -2.36. The molecule has 25 heavy (non-hydrogen) atoms. The Labute approximate surface area is 154 Å². The monoisotopic (exact) mass is 399 g/mol. The van der Waals surface area contributed by atoms with Gasteiger partial charge in [0.25, 0.3) is 5.91 Å². The molecule has 0 bridgehead atoms. The zero-order valence-electron chi connectivity index (χ0n) is 14.0. The molecule has 3 aromatic rings. The van der Waals surface area contributed by atoms with Gasteiger partial charge in [0.05, 0.1) is 5.56 Å². The van der Waals surface area contributed by atoms with E-state index < -0.39 is 0 Å². The molecular weight excluding hydrogens is 382 g/mol. The number of carbonyl (C=O) groups excluding carboxylic acids is 1. The summed E-state index contributed by atoms with van der Waals surface area (Å²) in [6, 6.07) is 17.0. The molecule has 0 unspecified atom stereocenters. The fourth-order valence-electron chi connectivity index (χ4n) is 2.45. The number of halogens is 1. The zero-order valence-corrected chi connectivity index (χ0v) is 15.6. The van der Waals surface area contributed by atoms with Crippen molar-refractivity contribution in [2.45, 2.75) is 26.4 Å². The van der Waals surface area contributed by atoms with Crippen LogP contribution < -0.4 is 0 Å². The van der Waals surface area contributed by atoms with Gasteiger partial charge in [0.15, 0.2) is 0 Å². The Balaban J connectivity index is 1.82. The summed E-state index contributed by atoms with van der Waals surface area (Å²) in [6.07, 6.45) is 0. The maximum atomic E-state index is 12.9. The lowest BCUT2D eigenvalue weighted by molar-refractivity contribution is 0.0666. The van der Waals surface area contributed by atoms with Gasteiger partial charge in [0.2, 0.25) is 11.7 Å². The minimum absolute atomic E-state index is 0.00770. The molecule has 6 heteroatoms. The Morgan fingerprint density at radius 3 is 2.48 bits per heavy atom. The predicted molar refractivity (Wildman–Crippen MR) is 98.9 cm³/mol. The number of nitrogens with zero attached hydrogens (tertiary/aromatic N) is 3. The van der Waals surface area contributed by atoms with Gasteiger partial charge in [-0.05, 0) is 41.9 Å². The number of hydrogen-bond acceptors (Lipinski definition) is 4. The number of aromatic nitrogens is 2. The summed E-state index contributed by atoms with van der Waals surface area (Å²) in [5.41, 5.74) is 1.49. The molecule has 1 aromatic heterocycles. The van der Waals surface area contributed by atoms with E-state index in [1.165, 1.54) is 0 Å². The molecule has 0 saturated heterocycles. The van der Waals surface area contributed by atoms with E-state index in [1.54, 1.807) is 11.0 Å². The Kier molecular flexibility index (Phi) is 5.28. The highest BCUT2D eigenvalue weighted by atomic mass is 79.9. The first-order valence-electron chi connectivity index (χ1n) is 7.99. The van der Waals surface area contributed by atoms with Crippen LogP contribution in [0.25, 0.3) is 11.4 Å². The maximum Gasteiger partial charge on any atom is 0.255 e. The molecule has 2 aromatic carbocycles. The SMILES string of the molecule is CC(C)N(Cc1nc(-c2ccccc2)no1)C(=O)c1ccccc1Br. The summed E-state index contributed by atoms with van der Waals surface area (Å²) in [5.74, 6) is 0.850. The minimum atomic E-state index is -0.0815. The molecule has 128 valence electrons. The summed E-state index contributed by atoms with van der Waals surface area (Å²) in [4.78, 5) is 19.0. The molecular formula is C19H18BrN3O2. The van der Waals surface area contributed by atoms with E-state index in [4.69, 9.17) is 4.52 Å². The molecule has 0 aliphatic heterocycles. The molecule has 0 N–H and O–H groups in total. The number of amides is 1. The van der Waals surface area contributed by atoms with Crippen LogP contribution in [-0.4, -0.2) is 27.0 Å². The molecule has 5 nitrogen and oxygen atoms in total. The fraction of sp³-hybridized carbons (Fsp3) is 0.211. The maximum absolute atomic E-state index is 12.9. The smallest absolute Gasteiger partial charge is 0.255 e. The van der Waals surface area contributed by atoms with E-state index in [-0.39, 0.29) is 18.5 Å². The van der Waals surface area contributed by atoms with Crippen molar-refractivity contribution in [2.75, 3.05) is 0 Å². The number of carbonyl (C=O) groups is 1. The fourth-order valence-corrected chi connectivity index (χ4v) is 2.90. The number of hydrogen-bond donors (Lipinski definition) is 0. The predicted octanol–water partition coefficient (Wildman–Crippen LogP) is 4.55. The highest BCUT2D eigenvalue weighted by Crippen LogP contribution is 2.21. The van der Waals surface area contributed by atoms with Gasteiger partial charge >= 0.3 is 0 Å². The van der Waals surface area contributed by atoms with Crippen LogP contribution in [0.5, 0.6) is 0 Å². The van der Waals surface area contributed by atoms with Crippen LogP contribution in [0.2, 0.25) is 0 Å². The Bertz CT molecular complexity index is 862. The van der Waals surface area contributed by atoms with Gasteiger partial charge in [-0.15, -0.1) is 0 Å². The highest BCUT2D eigenvalue weighted by Gasteiger charge is 2.23. The molecule has 0 spiro atoms. The number of rotatable bonds is 5. The molecule has 1 amide bonds. The van der Waals surface area contributed by atoms with E-state index in [0.717, 1.165) is 10.0 Å². The van der Waals surface area contributed by atoms with Crippen LogP contribution in [0, 0.1) is 0 Å². The van der Waals surface area contributed by atoms with Gasteiger partial charge in [0.1, 0.15) is 6.54 Å². The molecule has 0 fully saturated rings. The van der Waals surface area contributed by atoms with Gasteiger partial charge in [-0.2, -0.15) is 4.98 Å². The highest BCUT2D eigenvalue weighted by molar-refractivity contribution is 9.10. The summed E-state index contributed by atoms with van der Waals surface area (Å²) in [5, 5.41) is 4.02. The lowest BCUT2D eigenvalue weighted by atomic mass is 10.1. The van der Waals surface area contributed by atoms with E-state index >= 15 is 0 Å². The van der Waals surface area contributed by atoms with Crippen molar-refractivity contribution in [2.24, 2.45) is 0 Å². The second-order valence-corrected chi connectivity index (χ2v) is 6.74. The third kappa shape index (κ3) is 3.96. The first-order chi connectivity index (χ1) is 12.1. The van der Waals surface area contributed by atoms with E-state index in [0.29, 0.717) is 17.3 Å². The summed E-state index contributed by atoms with van der Waals surface area (Å²) in [6.45, 7) is 4.18. The van der Waals surface area contributed by atoms with E-state index in [9.17, 15) is 4.79 Å². The normalized spacial score (nSPS) is 10.9. The zero-order chi connectivity index (χ0) is 17.8. The molecule has 0 aliphatic rings.